The Hall–Kier alpha value is -1.83. The molecule has 0 aromatic heterocycles. The monoisotopic (exact) mass is 411 g/mol. The summed E-state index contributed by atoms with van der Waals surface area (Å²) in [5.41, 5.74) is 5.58. The third kappa shape index (κ3) is 3.44. The maximum atomic E-state index is 14.3. The molecule has 3 N–H and O–H groups in total. The quantitative estimate of drug-likeness (QED) is 0.806. The molecular formula is C18H16BrF2NO3. The van der Waals surface area contributed by atoms with Crippen LogP contribution in [0, 0.1) is 17.6 Å². The highest BCUT2D eigenvalue weighted by atomic mass is 79.9. The number of carboxylic acid groups (broad SMARTS) is 1. The first-order chi connectivity index (χ1) is 11.8. The van der Waals surface area contributed by atoms with E-state index in [1.54, 1.807) is 12.1 Å². The molecule has 4 nitrogen and oxygen atoms in total. The summed E-state index contributed by atoms with van der Waals surface area (Å²) < 4.78 is 33.7. The van der Waals surface area contributed by atoms with Gasteiger partial charge in [-0.25, -0.2) is 8.78 Å². The molecule has 0 saturated carbocycles. The van der Waals surface area contributed by atoms with Crippen molar-refractivity contribution < 1.29 is 23.4 Å². The summed E-state index contributed by atoms with van der Waals surface area (Å²) in [6, 6.07) is 9.89. The topological polar surface area (TPSA) is 72.5 Å². The molecule has 25 heavy (non-hydrogen) atoms. The average molecular weight is 412 g/mol. The van der Waals surface area contributed by atoms with Crippen molar-refractivity contribution in [2.75, 3.05) is 6.61 Å². The highest BCUT2D eigenvalue weighted by molar-refractivity contribution is 9.10. The number of hydrogen-bond acceptors (Lipinski definition) is 3. The molecule has 1 aliphatic heterocycles. The van der Waals surface area contributed by atoms with Crippen LogP contribution in [0.5, 0.6) is 0 Å². The third-order valence-electron chi connectivity index (χ3n) is 4.56. The molecule has 0 aliphatic carbocycles. The van der Waals surface area contributed by atoms with Crippen LogP contribution in [0.25, 0.3) is 0 Å². The zero-order valence-electron chi connectivity index (χ0n) is 13.1. The summed E-state index contributed by atoms with van der Waals surface area (Å²) in [4.78, 5) is 11.8. The Balaban J connectivity index is 1.96. The third-order valence-corrected chi connectivity index (χ3v) is 5.06. The number of nitrogens with two attached hydrogens (primary N) is 1. The molecule has 0 amide bonds. The molecule has 132 valence electrons. The van der Waals surface area contributed by atoms with E-state index in [1.807, 2.05) is 0 Å². The number of halogens is 3. The zero-order valence-corrected chi connectivity index (χ0v) is 14.7. The molecule has 1 saturated heterocycles. The Morgan fingerprint density at radius 2 is 1.92 bits per heavy atom. The van der Waals surface area contributed by atoms with E-state index in [-0.39, 0.29) is 18.6 Å². The maximum absolute atomic E-state index is 14.3. The van der Waals surface area contributed by atoms with Gasteiger partial charge in [0, 0.05) is 10.0 Å². The molecular weight excluding hydrogens is 396 g/mol. The van der Waals surface area contributed by atoms with Gasteiger partial charge in [-0.15, -0.1) is 0 Å². The first kappa shape index (κ1) is 18.0. The molecule has 3 atom stereocenters. The van der Waals surface area contributed by atoms with E-state index in [0.29, 0.717) is 10.0 Å². The Labute approximate surface area is 151 Å². The van der Waals surface area contributed by atoms with Crippen LogP contribution >= 0.6 is 15.9 Å². The summed E-state index contributed by atoms with van der Waals surface area (Å²) in [7, 11) is 0. The van der Waals surface area contributed by atoms with E-state index in [0.717, 1.165) is 0 Å². The molecule has 0 radical (unpaired) electrons. The fourth-order valence-electron chi connectivity index (χ4n) is 3.18. The Morgan fingerprint density at radius 3 is 2.56 bits per heavy atom. The normalized spacial score (nSPS) is 26.4. The first-order valence-corrected chi connectivity index (χ1v) is 8.45. The fourth-order valence-corrected chi connectivity index (χ4v) is 3.54. The molecule has 1 heterocycles. The van der Waals surface area contributed by atoms with Crippen LogP contribution in [0.1, 0.15) is 23.7 Å². The number of ether oxygens (including phenoxy) is 1. The van der Waals surface area contributed by atoms with Gasteiger partial charge in [0.15, 0.2) is 0 Å². The summed E-state index contributed by atoms with van der Waals surface area (Å²) in [5.74, 6) is -3.16. The second-order valence-electron chi connectivity index (χ2n) is 6.14. The molecule has 1 aliphatic rings. The number of carbonyl (C=O) groups is 1. The Kier molecular flexibility index (Phi) is 4.90. The van der Waals surface area contributed by atoms with Crippen molar-refractivity contribution in [1.82, 2.24) is 0 Å². The first-order valence-electron chi connectivity index (χ1n) is 7.65. The summed E-state index contributed by atoms with van der Waals surface area (Å²) in [5, 5.41) is 9.67. The second-order valence-corrected chi connectivity index (χ2v) is 7.06. The van der Waals surface area contributed by atoms with Crippen molar-refractivity contribution in [2.45, 2.75) is 18.1 Å². The minimum Gasteiger partial charge on any atom is -0.481 e. The molecule has 0 unspecified atom stereocenters. The highest BCUT2D eigenvalue weighted by Gasteiger charge is 2.48. The van der Waals surface area contributed by atoms with Crippen molar-refractivity contribution >= 4 is 21.9 Å². The SMILES string of the molecule is N[C@@]1(c2cc(Br)ccc2F)CO[C@@H](c2ccc(F)cc2)C[C@H]1C(=O)O. The minimum absolute atomic E-state index is 0.0589. The molecule has 3 rings (SSSR count). The molecule has 0 bridgehead atoms. The fraction of sp³-hybridized carbons (Fsp3) is 0.278. The van der Waals surface area contributed by atoms with Crippen LogP contribution < -0.4 is 5.73 Å². The van der Waals surface area contributed by atoms with E-state index < -0.39 is 35.2 Å². The van der Waals surface area contributed by atoms with Crippen molar-refractivity contribution in [2.24, 2.45) is 11.7 Å². The molecule has 2 aromatic rings. The van der Waals surface area contributed by atoms with E-state index in [4.69, 9.17) is 10.5 Å². The predicted octanol–water partition coefficient (Wildman–Crippen LogP) is 3.74. The summed E-state index contributed by atoms with van der Waals surface area (Å²) in [6.07, 6.45) is -0.489. The van der Waals surface area contributed by atoms with Gasteiger partial charge in [0.25, 0.3) is 0 Å². The largest absolute Gasteiger partial charge is 0.481 e. The van der Waals surface area contributed by atoms with Gasteiger partial charge in [0.2, 0.25) is 0 Å². The van der Waals surface area contributed by atoms with Gasteiger partial charge in [-0.05, 0) is 42.3 Å². The van der Waals surface area contributed by atoms with Gasteiger partial charge in [-0.1, -0.05) is 28.1 Å². The van der Waals surface area contributed by atoms with Gasteiger partial charge in [0.05, 0.1) is 24.2 Å². The van der Waals surface area contributed by atoms with E-state index in [9.17, 15) is 18.7 Å². The van der Waals surface area contributed by atoms with Gasteiger partial charge in [-0.2, -0.15) is 0 Å². The summed E-state index contributed by atoms with van der Waals surface area (Å²) in [6.45, 7) is -0.167. The second kappa shape index (κ2) is 6.82. The lowest BCUT2D eigenvalue weighted by atomic mass is 9.74. The molecule has 2 aromatic carbocycles. The predicted molar refractivity (Wildman–Crippen MR) is 90.8 cm³/mol. The van der Waals surface area contributed by atoms with Crippen LogP contribution in [0.4, 0.5) is 8.78 Å². The zero-order chi connectivity index (χ0) is 18.2. The highest BCUT2D eigenvalue weighted by Crippen LogP contribution is 2.42. The molecule has 1 fully saturated rings. The van der Waals surface area contributed by atoms with Crippen LogP contribution in [0.15, 0.2) is 46.9 Å². The smallest absolute Gasteiger partial charge is 0.308 e. The number of aliphatic carboxylic acids is 1. The number of carboxylic acids is 1. The van der Waals surface area contributed by atoms with Crippen LogP contribution in [-0.4, -0.2) is 17.7 Å². The Bertz CT molecular complexity index is 799. The van der Waals surface area contributed by atoms with Crippen LogP contribution in [0.3, 0.4) is 0 Å². The average Bonchev–Trinajstić information content (AvgIpc) is 2.58. The standard InChI is InChI=1S/C18H16BrF2NO3/c19-11-3-6-15(21)13(7-11)18(22)9-25-16(8-14(18)17(23)24)10-1-4-12(20)5-2-10/h1-7,14,16H,8-9,22H2,(H,23,24)/t14-,16+,18+/m0/s1. The number of rotatable bonds is 3. The lowest BCUT2D eigenvalue weighted by Gasteiger charge is -2.42. The van der Waals surface area contributed by atoms with Crippen molar-refractivity contribution in [3.63, 3.8) is 0 Å². The lowest BCUT2D eigenvalue weighted by Crippen LogP contribution is -2.55. The van der Waals surface area contributed by atoms with Gasteiger partial charge >= 0.3 is 5.97 Å². The van der Waals surface area contributed by atoms with Crippen molar-refractivity contribution in [3.8, 4) is 0 Å². The van der Waals surface area contributed by atoms with Gasteiger partial charge in [0.1, 0.15) is 11.6 Å². The van der Waals surface area contributed by atoms with E-state index in [2.05, 4.69) is 15.9 Å². The number of benzene rings is 2. The van der Waals surface area contributed by atoms with Crippen molar-refractivity contribution in [1.29, 1.82) is 0 Å². The summed E-state index contributed by atoms with van der Waals surface area (Å²) >= 11 is 3.25. The molecule has 7 heteroatoms. The van der Waals surface area contributed by atoms with Crippen LogP contribution in [-0.2, 0) is 15.1 Å². The number of hydrogen-bond donors (Lipinski definition) is 2. The maximum Gasteiger partial charge on any atom is 0.308 e. The van der Waals surface area contributed by atoms with E-state index in [1.165, 1.54) is 30.3 Å². The van der Waals surface area contributed by atoms with Crippen LogP contribution in [0.2, 0.25) is 0 Å². The van der Waals surface area contributed by atoms with Crippen molar-refractivity contribution in [3.05, 3.63) is 69.7 Å². The molecule has 0 spiro atoms. The minimum atomic E-state index is -1.50. The van der Waals surface area contributed by atoms with E-state index >= 15 is 0 Å². The Morgan fingerprint density at radius 1 is 1.24 bits per heavy atom. The lowest BCUT2D eigenvalue weighted by molar-refractivity contribution is -0.155. The van der Waals surface area contributed by atoms with Gasteiger partial charge in [-0.3, -0.25) is 4.79 Å². The van der Waals surface area contributed by atoms with Gasteiger partial charge < -0.3 is 15.6 Å².